The number of rotatable bonds is 3. The maximum atomic E-state index is 5.73. The smallest absolute Gasteiger partial charge is 0.186 e. The summed E-state index contributed by atoms with van der Waals surface area (Å²) in [6.07, 6.45) is 0.953. The van der Waals surface area contributed by atoms with Crippen molar-refractivity contribution in [1.82, 2.24) is 4.23 Å². The molecule has 0 aromatic carbocycles. The van der Waals surface area contributed by atoms with E-state index >= 15 is 0 Å². The summed E-state index contributed by atoms with van der Waals surface area (Å²) in [7, 11) is 2.78. The van der Waals surface area contributed by atoms with Crippen molar-refractivity contribution >= 4 is 38.5 Å². The Morgan fingerprint density at radius 3 is 2.08 bits per heavy atom. The minimum atomic E-state index is -1.36. The van der Waals surface area contributed by atoms with Crippen LogP contribution in [0, 0.1) is 0 Å². The lowest BCUT2D eigenvalue weighted by molar-refractivity contribution is 0.628. The first kappa shape index (κ1) is 12.9. The van der Waals surface area contributed by atoms with Gasteiger partial charge in [0.15, 0.2) is 8.83 Å². The molecule has 0 aliphatic carbocycles. The molecule has 0 aromatic rings. The van der Waals surface area contributed by atoms with Crippen LogP contribution < -0.4 is 0 Å². The van der Waals surface area contributed by atoms with Gasteiger partial charge in [-0.2, -0.15) is 11.1 Å². The van der Waals surface area contributed by atoms with Crippen LogP contribution in [-0.2, 0) is 0 Å². The second kappa shape index (κ2) is 4.41. The van der Waals surface area contributed by atoms with Crippen LogP contribution in [0.5, 0.6) is 0 Å². The molecule has 12 heavy (non-hydrogen) atoms. The molecule has 0 atom stereocenters. The van der Waals surface area contributed by atoms with E-state index in [4.69, 9.17) is 11.1 Å². The predicted molar refractivity (Wildman–Crippen MR) is 61.3 cm³/mol. The Morgan fingerprint density at radius 1 is 1.42 bits per heavy atom. The molecule has 0 N–H and O–H groups in total. The van der Waals surface area contributed by atoms with E-state index in [2.05, 4.69) is 48.5 Å². The molecule has 0 saturated carbocycles. The van der Waals surface area contributed by atoms with Crippen molar-refractivity contribution in [2.75, 3.05) is 6.17 Å². The first-order valence-electron chi connectivity index (χ1n) is 4.06. The van der Waals surface area contributed by atoms with Crippen LogP contribution in [-0.4, -0.2) is 37.9 Å². The maximum Gasteiger partial charge on any atom is 0.186 e. The van der Waals surface area contributed by atoms with Gasteiger partial charge in [0.1, 0.15) is 18.6 Å². The van der Waals surface area contributed by atoms with Gasteiger partial charge in [-0.15, -0.1) is 0 Å². The highest BCUT2D eigenvalue weighted by Crippen LogP contribution is 2.36. The molecule has 0 fully saturated rings. The highest BCUT2D eigenvalue weighted by Gasteiger charge is 2.38. The van der Waals surface area contributed by atoms with Crippen molar-refractivity contribution < 1.29 is 0 Å². The first-order valence-corrected chi connectivity index (χ1v) is 9.67. The summed E-state index contributed by atoms with van der Waals surface area (Å²) in [4.78, 5) is 0. The Bertz CT molecular complexity index is 144. The van der Waals surface area contributed by atoms with Gasteiger partial charge in [0.25, 0.3) is 0 Å². The topological polar surface area (TPSA) is 3.24 Å². The predicted octanol–water partition coefficient (Wildman–Crippen LogP) is 2.19. The molecule has 0 heterocycles. The van der Waals surface area contributed by atoms with Crippen LogP contribution in [0.15, 0.2) is 0 Å². The van der Waals surface area contributed by atoms with Gasteiger partial charge in [0.05, 0.1) is 0 Å². The highest BCUT2D eigenvalue weighted by atomic mass is 35.6. The lowest BCUT2D eigenvalue weighted by Crippen LogP contribution is -2.54. The standard InChI is InChI=1S/C7H17ClNSi3/c1-7(2,3)12(4,5)9(10)6-11-8/h6H2,1-5H3. The van der Waals surface area contributed by atoms with Gasteiger partial charge >= 0.3 is 0 Å². The summed E-state index contributed by atoms with van der Waals surface area (Å²) >= 11 is 5.73. The van der Waals surface area contributed by atoms with Gasteiger partial charge in [0, 0.05) is 0 Å². The van der Waals surface area contributed by atoms with E-state index in [9.17, 15) is 0 Å². The molecule has 0 aliphatic heterocycles. The highest BCUT2D eigenvalue weighted by molar-refractivity contribution is 6.95. The van der Waals surface area contributed by atoms with Crippen LogP contribution in [0.4, 0.5) is 0 Å². The number of halogens is 1. The third-order valence-electron chi connectivity index (χ3n) is 2.73. The molecule has 0 bridgehead atoms. The van der Waals surface area contributed by atoms with Crippen LogP contribution in [0.1, 0.15) is 20.8 Å². The average molecular weight is 235 g/mol. The van der Waals surface area contributed by atoms with E-state index in [0.717, 1.165) is 6.17 Å². The number of hydrogen-bond acceptors (Lipinski definition) is 1. The molecular formula is C7H17ClNSi3. The van der Waals surface area contributed by atoms with E-state index in [1.807, 2.05) is 0 Å². The molecule has 1 nitrogen and oxygen atoms in total. The third kappa shape index (κ3) is 2.99. The second-order valence-electron chi connectivity index (χ2n) is 4.53. The van der Waals surface area contributed by atoms with E-state index in [0.29, 0.717) is 13.9 Å². The summed E-state index contributed by atoms with van der Waals surface area (Å²) in [6.45, 7) is 11.6. The molecular weight excluding hydrogens is 218 g/mol. The van der Waals surface area contributed by atoms with Crippen LogP contribution in [0.3, 0.4) is 0 Å². The average Bonchev–Trinajstić information content (AvgIpc) is 1.85. The lowest BCUT2D eigenvalue weighted by Gasteiger charge is -2.43. The van der Waals surface area contributed by atoms with Crippen LogP contribution in [0.25, 0.3) is 0 Å². The second-order valence-corrected chi connectivity index (χ2v) is 12.1. The molecule has 5 heteroatoms. The van der Waals surface area contributed by atoms with E-state index in [-0.39, 0.29) is 0 Å². The van der Waals surface area contributed by atoms with Crippen molar-refractivity contribution in [3.63, 3.8) is 0 Å². The number of nitrogens with zero attached hydrogens (tertiary/aromatic N) is 1. The normalized spacial score (nSPS) is 14.0. The molecule has 0 rings (SSSR count). The van der Waals surface area contributed by atoms with Crippen molar-refractivity contribution in [2.45, 2.75) is 38.9 Å². The summed E-state index contributed by atoms with van der Waals surface area (Å²) in [6, 6.07) is 0. The minimum absolute atomic E-state index is 0.380. The van der Waals surface area contributed by atoms with Crippen molar-refractivity contribution in [3.05, 3.63) is 0 Å². The van der Waals surface area contributed by atoms with E-state index in [1.54, 1.807) is 0 Å². The SMILES string of the molecule is CC(C)(C)[Si](C)(C)N([Si])C[Si]Cl. The zero-order valence-corrected chi connectivity index (χ0v) is 12.3. The fourth-order valence-corrected chi connectivity index (χ4v) is 5.61. The van der Waals surface area contributed by atoms with Gasteiger partial charge in [-0.25, -0.2) is 0 Å². The van der Waals surface area contributed by atoms with E-state index in [1.165, 1.54) is 0 Å². The van der Waals surface area contributed by atoms with Gasteiger partial charge < -0.3 is 4.23 Å². The molecule has 0 aromatic heterocycles. The Labute approximate surface area is 88.0 Å². The van der Waals surface area contributed by atoms with Gasteiger partial charge in [0.2, 0.25) is 0 Å². The Kier molecular flexibility index (Phi) is 4.74. The third-order valence-corrected chi connectivity index (χ3v) is 11.2. The first-order chi connectivity index (χ1) is 5.23. The van der Waals surface area contributed by atoms with E-state index < -0.39 is 8.24 Å². The van der Waals surface area contributed by atoms with Crippen LogP contribution in [0.2, 0.25) is 18.1 Å². The Hall–Kier alpha value is 0.901. The molecule has 0 spiro atoms. The molecule has 0 amide bonds. The molecule has 5 radical (unpaired) electrons. The molecule has 0 aliphatic rings. The maximum absolute atomic E-state index is 5.73. The number of hydrogen-bond donors (Lipinski definition) is 0. The molecule has 0 saturated heterocycles. The zero-order chi connectivity index (χ0) is 9.99. The van der Waals surface area contributed by atoms with Gasteiger partial charge in [-0.05, 0) is 11.2 Å². The Morgan fingerprint density at radius 2 is 1.83 bits per heavy atom. The Balaban J connectivity index is 4.38. The van der Waals surface area contributed by atoms with Crippen molar-refractivity contribution in [2.24, 2.45) is 0 Å². The lowest BCUT2D eigenvalue weighted by atomic mass is 10.2. The largest absolute Gasteiger partial charge is 0.350 e. The van der Waals surface area contributed by atoms with Crippen LogP contribution >= 0.6 is 11.1 Å². The summed E-state index contributed by atoms with van der Waals surface area (Å²) < 4.78 is 2.28. The summed E-state index contributed by atoms with van der Waals surface area (Å²) in [5.74, 6) is 0. The fourth-order valence-electron chi connectivity index (χ4n) is 0.662. The molecule has 69 valence electrons. The van der Waals surface area contributed by atoms with Crippen molar-refractivity contribution in [3.8, 4) is 0 Å². The quantitative estimate of drug-likeness (QED) is 0.535. The van der Waals surface area contributed by atoms with Gasteiger partial charge in [-0.3, -0.25) is 0 Å². The zero-order valence-electron chi connectivity index (χ0n) is 8.53. The fraction of sp³-hybridized carbons (Fsp3) is 1.00. The molecule has 0 unspecified atom stereocenters. The minimum Gasteiger partial charge on any atom is -0.350 e. The van der Waals surface area contributed by atoms with Crippen molar-refractivity contribution in [1.29, 1.82) is 0 Å². The summed E-state index contributed by atoms with van der Waals surface area (Å²) in [5.41, 5.74) is 0. The van der Waals surface area contributed by atoms with Gasteiger partial charge in [-0.1, -0.05) is 33.9 Å². The monoisotopic (exact) mass is 234 g/mol. The summed E-state index contributed by atoms with van der Waals surface area (Å²) in [5, 5.41) is 0.380.